The van der Waals surface area contributed by atoms with E-state index in [4.69, 9.17) is 11.5 Å². The van der Waals surface area contributed by atoms with Gasteiger partial charge in [-0.25, -0.2) is 0 Å². The van der Waals surface area contributed by atoms with E-state index in [0.717, 1.165) is 38.6 Å². The number of hydrogen-bond donors (Lipinski definition) is 2. The minimum Gasteiger partial charge on any atom is -0.370 e. The predicted octanol–water partition coefficient (Wildman–Crippen LogP) is 0.370. The van der Waals surface area contributed by atoms with Gasteiger partial charge < -0.3 is 16.4 Å². The summed E-state index contributed by atoms with van der Waals surface area (Å²) in [6.45, 7) is 2.83. The first kappa shape index (κ1) is 14.0. The van der Waals surface area contributed by atoms with Gasteiger partial charge in [-0.1, -0.05) is 19.8 Å². The molecule has 0 aliphatic carbocycles. The molecule has 2 amide bonds. The molecule has 0 spiro atoms. The largest absolute Gasteiger partial charge is 0.370 e. The molecule has 2 atom stereocenters. The van der Waals surface area contributed by atoms with E-state index >= 15 is 0 Å². The Balaban J connectivity index is 2.66. The summed E-state index contributed by atoms with van der Waals surface area (Å²) in [6.07, 6.45) is 5.25. The lowest BCUT2D eigenvalue weighted by Crippen LogP contribution is -2.49. The molecule has 17 heavy (non-hydrogen) atoms. The predicted molar refractivity (Wildman–Crippen MR) is 66.0 cm³/mol. The van der Waals surface area contributed by atoms with Crippen LogP contribution >= 0.6 is 0 Å². The Morgan fingerprint density at radius 3 is 2.65 bits per heavy atom. The minimum atomic E-state index is -0.778. The standard InChI is InChI=1S/C12H23N3O2/c1-2-9-6-4-3-5-7-15(9)12(17)10(13)8-11(14)16/h9-10H,2-8,13H2,1H3,(H2,14,16). The number of likely N-dealkylation sites (tertiary alicyclic amines) is 1. The fourth-order valence-electron chi connectivity index (χ4n) is 2.41. The molecule has 5 heteroatoms. The summed E-state index contributed by atoms with van der Waals surface area (Å²) >= 11 is 0. The molecule has 0 radical (unpaired) electrons. The zero-order valence-corrected chi connectivity index (χ0v) is 10.5. The van der Waals surface area contributed by atoms with E-state index in [0.29, 0.717) is 0 Å². The quantitative estimate of drug-likeness (QED) is 0.745. The number of primary amides is 1. The first-order valence-corrected chi connectivity index (χ1v) is 6.40. The molecule has 5 nitrogen and oxygen atoms in total. The molecule has 1 aliphatic heterocycles. The summed E-state index contributed by atoms with van der Waals surface area (Å²) < 4.78 is 0. The van der Waals surface area contributed by atoms with Crippen molar-refractivity contribution in [2.24, 2.45) is 11.5 Å². The maximum absolute atomic E-state index is 12.1. The van der Waals surface area contributed by atoms with Crippen LogP contribution in [0.2, 0.25) is 0 Å². The molecular formula is C12H23N3O2. The normalized spacial score (nSPS) is 22.9. The lowest BCUT2D eigenvalue weighted by Gasteiger charge is -2.31. The van der Waals surface area contributed by atoms with Gasteiger partial charge in [-0.05, 0) is 19.3 Å². The van der Waals surface area contributed by atoms with Crippen LogP contribution in [-0.4, -0.2) is 35.3 Å². The van der Waals surface area contributed by atoms with E-state index in [-0.39, 0.29) is 18.4 Å². The van der Waals surface area contributed by atoms with Crippen molar-refractivity contribution in [1.29, 1.82) is 0 Å². The summed E-state index contributed by atoms with van der Waals surface area (Å²) in [5, 5.41) is 0. The number of rotatable bonds is 4. The molecule has 0 saturated carbocycles. The molecule has 1 rings (SSSR count). The third-order valence-electron chi connectivity index (χ3n) is 3.37. The van der Waals surface area contributed by atoms with Crippen molar-refractivity contribution in [3.05, 3.63) is 0 Å². The van der Waals surface area contributed by atoms with Gasteiger partial charge in [0, 0.05) is 12.6 Å². The van der Waals surface area contributed by atoms with E-state index in [1.807, 2.05) is 4.90 Å². The van der Waals surface area contributed by atoms with Crippen LogP contribution in [0, 0.1) is 0 Å². The van der Waals surface area contributed by atoms with Crippen molar-refractivity contribution in [3.8, 4) is 0 Å². The molecular weight excluding hydrogens is 218 g/mol. The van der Waals surface area contributed by atoms with Crippen LogP contribution in [0.1, 0.15) is 45.4 Å². The highest BCUT2D eigenvalue weighted by atomic mass is 16.2. The molecule has 2 unspecified atom stereocenters. The second kappa shape index (κ2) is 6.59. The first-order chi connectivity index (χ1) is 8.06. The topological polar surface area (TPSA) is 89.4 Å². The van der Waals surface area contributed by atoms with Crippen LogP contribution < -0.4 is 11.5 Å². The molecule has 0 aromatic heterocycles. The molecule has 4 N–H and O–H groups in total. The second-order valence-corrected chi connectivity index (χ2v) is 4.72. The summed E-state index contributed by atoms with van der Waals surface area (Å²) in [5.74, 6) is -0.647. The van der Waals surface area contributed by atoms with Gasteiger partial charge in [0.2, 0.25) is 11.8 Å². The number of hydrogen-bond acceptors (Lipinski definition) is 3. The highest BCUT2D eigenvalue weighted by Crippen LogP contribution is 2.20. The van der Waals surface area contributed by atoms with Crippen molar-refractivity contribution < 1.29 is 9.59 Å². The number of carbonyl (C=O) groups is 2. The molecule has 1 heterocycles. The van der Waals surface area contributed by atoms with Crippen LogP contribution in [-0.2, 0) is 9.59 Å². The van der Waals surface area contributed by atoms with Crippen LogP contribution in [0.3, 0.4) is 0 Å². The van der Waals surface area contributed by atoms with Crippen molar-refractivity contribution in [2.75, 3.05) is 6.54 Å². The van der Waals surface area contributed by atoms with Gasteiger partial charge in [0.05, 0.1) is 12.5 Å². The Labute approximate surface area is 103 Å². The fraction of sp³-hybridized carbons (Fsp3) is 0.833. The van der Waals surface area contributed by atoms with Crippen molar-refractivity contribution in [1.82, 2.24) is 4.90 Å². The van der Waals surface area contributed by atoms with Gasteiger partial charge in [0.15, 0.2) is 0 Å². The van der Waals surface area contributed by atoms with Gasteiger partial charge in [0.25, 0.3) is 0 Å². The van der Waals surface area contributed by atoms with Gasteiger partial charge >= 0.3 is 0 Å². The zero-order chi connectivity index (χ0) is 12.8. The van der Waals surface area contributed by atoms with Gasteiger partial charge in [-0.3, -0.25) is 9.59 Å². The maximum atomic E-state index is 12.1. The van der Waals surface area contributed by atoms with Crippen molar-refractivity contribution in [3.63, 3.8) is 0 Å². The van der Waals surface area contributed by atoms with Gasteiger partial charge in [-0.15, -0.1) is 0 Å². The van der Waals surface area contributed by atoms with Crippen LogP contribution in [0.25, 0.3) is 0 Å². The van der Waals surface area contributed by atoms with Crippen LogP contribution in [0.5, 0.6) is 0 Å². The summed E-state index contributed by atoms with van der Waals surface area (Å²) in [4.78, 5) is 24.8. The molecule has 1 saturated heterocycles. The molecule has 1 fully saturated rings. The molecule has 98 valence electrons. The van der Waals surface area contributed by atoms with Crippen molar-refractivity contribution >= 4 is 11.8 Å². The Kier molecular flexibility index (Phi) is 5.41. The average Bonchev–Trinajstić information content (AvgIpc) is 2.51. The third kappa shape index (κ3) is 4.00. The highest BCUT2D eigenvalue weighted by molar-refractivity contribution is 5.87. The number of nitrogens with zero attached hydrogens (tertiary/aromatic N) is 1. The highest BCUT2D eigenvalue weighted by Gasteiger charge is 2.28. The summed E-state index contributed by atoms with van der Waals surface area (Å²) in [7, 11) is 0. The fourth-order valence-corrected chi connectivity index (χ4v) is 2.41. The number of carbonyl (C=O) groups excluding carboxylic acids is 2. The first-order valence-electron chi connectivity index (χ1n) is 6.40. The second-order valence-electron chi connectivity index (χ2n) is 4.72. The smallest absolute Gasteiger partial charge is 0.240 e. The molecule has 0 aromatic rings. The Hall–Kier alpha value is -1.10. The lowest BCUT2D eigenvalue weighted by atomic mass is 10.1. The van der Waals surface area contributed by atoms with E-state index in [1.165, 1.54) is 0 Å². The number of nitrogens with two attached hydrogens (primary N) is 2. The number of amides is 2. The molecule has 0 bridgehead atoms. The maximum Gasteiger partial charge on any atom is 0.240 e. The van der Waals surface area contributed by atoms with E-state index in [2.05, 4.69) is 6.92 Å². The Bertz CT molecular complexity index is 281. The van der Waals surface area contributed by atoms with E-state index < -0.39 is 11.9 Å². The van der Waals surface area contributed by atoms with Crippen LogP contribution in [0.15, 0.2) is 0 Å². The summed E-state index contributed by atoms with van der Waals surface area (Å²) in [6, 6.07) is -0.511. The molecule has 0 aromatic carbocycles. The average molecular weight is 241 g/mol. The summed E-state index contributed by atoms with van der Waals surface area (Å²) in [5.41, 5.74) is 10.8. The van der Waals surface area contributed by atoms with E-state index in [1.54, 1.807) is 0 Å². The third-order valence-corrected chi connectivity index (χ3v) is 3.37. The van der Waals surface area contributed by atoms with E-state index in [9.17, 15) is 9.59 Å². The zero-order valence-electron chi connectivity index (χ0n) is 10.5. The van der Waals surface area contributed by atoms with Crippen molar-refractivity contribution in [2.45, 2.75) is 57.5 Å². The molecule has 1 aliphatic rings. The Morgan fingerprint density at radius 1 is 1.35 bits per heavy atom. The SMILES string of the molecule is CCC1CCCCCN1C(=O)C(N)CC(N)=O. The monoisotopic (exact) mass is 241 g/mol. The van der Waals surface area contributed by atoms with Crippen LogP contribution in [0.4, 0.5) is 0 Å². The lowest BCUT2D eigenvalue weighted by molar-refractivity contribution is -0.136. The van der Waals surface area contributed by atoms with Gasteiger partial charge in [-0.2, -0.15) is 0 Å². The Morgan fingerprint density at radius 2 is 2.06 bits per heavy atom. The minimum absolute atomic E-state index is 0.0637. The van der Waals surface area contributed by atoms with Gasteiger partial charge in [0.1, 0.15) is 0 Å².